The number of aliphatic hydroxyl groups excluding tert-OH is 2. The van der Waals surface area contributed by atoms with Gasteiger partial charge in [-0.1, -0.05) is 25.6 Å². The summed E-state index contributed by atoms with van der Waals surface area (Å²) in [5.41, 5.74) is 8.36. The highest BCUT2D eigenvalue weighted by Crippen LogP contribution is 2.61. The van der Waals surface area contributed by atoms with Crippen LogP contribution < -0.4 is 32.7 Å². The van der Waals surface area contributed by atoms with Crippen LogP contribution in [0.15, 0.2) is 30.9 Å². The molecule has 0 spiro atoms. The number of ether oxygens (including phenoxy) is 1. The van der Waals surface area contributed by atoms with E-state index in [1.165, 1.54) is 39.0 Å². The van der Waals surface area contributed by atoms with Crippen molar-refractivity contribution in [3.05, 3.63) is 36.4 Å². The molecular weight excluding hydrogens is 953 g/mol. The number of nitrogens with two attached hydrogens (primary N) is 1. The molecular formula is C32H48N10O19P3S+. The Labute approximate surface area is 372 Å². The third-order valence-corrected chi connectivity index (χ3v) is 12.8. The first-order chi connectivity index (χ1) is 30.2. The Morgan fingerprint density at radius 1 is 0.985 bits per heavy atom. The summed E-state index contributed by atoms with van der Waals surface area (Å²) in [6.45, 7) is 1.32. The highest BCUT2D eigenvalue weighted by atomic mass is 32.2. The number of benzene rings is 1. The zero-order valence-electron chi connectivity index (χ0n) is 34.5. The van der Waals surface area contributed by atoms with Gasteiger partial charge in [-0.25, -0.2) is 28.6 Å². The van der Waals surface area contributed by atoms with E-state index in [9.17, 15) is 67.5 Å². The zero-order valence-corrected chi connectivity index (χ0v) is 38.0. The second-order valence-corrected chi connectivity index (χ2v) is 19.7. The van der Waals surface area contributed by atoms with Gasteiger partial charge in [0.25, 0.3) is 5.91 Å². The molecule has 2 aromatic heterocycles. The predicted molar refractivity (Wildman–Crippen MR) is 224 cm³/mol. The number of quaternary nitrogens is 1. The Bertz CT molecular complexity index is 2390. The molecule has 1 saturated heterocycles. The van der Waals surface area contributed by atoms with E-state index in [0.29, 0.717) is 0 Å². The third-order valence-electron chi connectivity index (χ3n) is 8.80. The quantitative estimate of drug-likeness (QED) is 0.0365. The number of phosphoric acid groups is 3. The lowest BCUT2D eigenvalue weighted by Gasteiger charge is -2.30. The molecule has 3 heterocycles. The molecule has 7 unspecified atom stereocenters. The minimum Gasteiger partial charge on any atom is -0.386 e. The lowest BCUT2D eigenvalue weighted by Crippen LogP contribution is -2.55. The van der Waals surface area contributed by atoms with Crippen LogP contribution in [0.3, 0.4) is 0 Å². The Morgan fingerprint density at radius 3 is 2.34 bits per heavy atom. The number of hydrogen-bond acceptors (Lipinski definition) is 20. The van der Waals surface area contributed by atoms with Crippen LogP contribution in [0.25, 0.3) is 11.2 Å². The van der Waals surface area contributed by atoms with Crippen LogP contribution in [-0.2, 0) is 55.5 Å². The van der Waals surface area contributed by atoms with E-state index in [2.05, 4.69) is 50.8 Å². The Hall–Kier alpha value is -4.32. The Kier molecular flexibility index (Phi) is 18.4. The molecule has 0 saturated carbocycles. The van der Waals surface area contributed by atoms with Crippen molar-refractivity contribution in [3.63, 3.8) is 0 Å². The standard InChI is InChI=1S/C32H47N10O19P3S/c1-16(43)40-18-5-4-17(10-19(18)41-22(45)11-33)31(49)65-9-8-35-21(44)6-7-36-29(48)26(47)32(2,3)13-58-64(55,56)61-63(53,54)57-12-20-25(60-62(50,51)52)24(46)30(59-20)42-15-39-23-27(34)37-14-38-28(23)42/h4-5,10,14-15,20,24-26,30,46-47H,6-9,11-13,33H2,1-3H3,(H,35,44)(H,36,48)(H,40,43)(H,41,45)(H,53,54)(H,55,56)(H2,34,37,38)(H2,50,51,52)/p+1. The summed E-state index contributed by atoms with van der Waals surface area (Å²) in [5, 5.41) is 31.1. The van der Waals surface area contributed by atoms with Crippen LogP contribution in [0, 0.1) is 5.41 Å². The average Bonchev–Trinajstić information content (AvgIpc) is 3.77. The molecule has 33 heteroatoms. The molecule has 0 radical (unpaired) electrons. The van der Waals surface area contributed by atoms with Gasteiger partial charge in [0.1, 0.15) is 36.3 Å². The highest BCUT2D eigenvalue weighted by Gasteiger charge is 2.50. The summed E-state index contributed by atoms with van der Waals surface area (Å²) in [5.74, 6) is -2.32. The maximum absolute atomic E-state index is 12.7. The van der Waals surface area contributed by atoms with Gasteiger partial charge in [0.05, 0.1) is 30.9 Å². The van der Waals surface area contributed by atoms with E-state index in [1.54, 1.807) is 0 Å². The smallest absolute Gasteiger partial charge is 0.386 e. The SMILES string of the molecule is CC(=O)Nc1ccc(C(=O)SCCNC(=O)CCNC(=O)C(O)C(C)(C)COP(=O)(O)OP(=O)(O)OCC2OC(n3cnc4c(N)ncnc43)C(O)C2OP(=O)(O)O)cc1NC(=O)C[NH3+]. The molecule has 1 aromatic carbocycles. The molecule has 0 aliphatic carbocycles. The number of carbonyl (C=O) groups is 5. The monoisotopic (exact) mass is 1000 g/mol. The van der Waals surface area contributed by atoms with E-state index in [-0.39, 0.29) is 65.7 Å². The number of carbonyl (C=O) groups excluding carboxylic acids is 5. The van der Waals surface area contributed by atoms with Gasteiger partial charge in [-0.3, -0.25) is 42.1 Å². The van der Waals surface area contributed by atoms with Crippen molar-refractivity contribution in [2.75, 3.05) is 55.0 Å². The largest absolute Gasteiger partial charge is 0.481 e. The van der Waals surface area contributed by atoms with Crippen LogP contribution in [0.4, 0.5) is 17.2 Å². The second kappa shape index (κ2) is 22.4. The third kappa shape index (κ3) is 15.6. The van der Waals surface area contributed by atoms with Crippen molar-refractivity contribution in [2.24, 2.45) is 5.41 Å². The predicted octanol–water partition coefficient (Wildman–Crippen LogP) is -1.88. The number of rotatable bonds is 23. The summed E-state index contributed by atoms with van der Waals surface area (Å²) < 4.78 is 62.3. The van der Waals surface area contributed by atoms with Gasteiger partial charge >= 0.3 is 23.5 Å². The fraction of sp³-hybridized carbons (Fsp3) is 0.500. The molecule has 360 valence electrons. The van der Waals surface area contributed by atoms with Crippen LogP contribution in [0.1, 0.15) is 43.8 Å². The van der Waals surface area contributed by atoms with Crippen LogP contribution >= 0.6 is 35.2 Å². The molecule has 4 amide bonds. The van der Waals surface area contributed by atoms with Crippen molar-refractivity contribution >= 4 is 92.3 Å². The molecule has 0 bridgehead atoms. The number of hydrogen-bond donors (Lipinski definition) is 12. The summed E-state index contributed by atoms with van der Waals surface area (Å²) in [4.78, 5) is 112. The number of amides is 4. The van der Waals surface area contributed by atoms with Crippen LogP contribution in [0.2, 0.25) is 0 Å². The van der Waals surface area contributed by atoms with E-state index in [0.717, 1.165) is 29.0 Å². The number of thioether (sulfide) groups is 1. The number of nitrogens with one attached hydrogen (secondary N) is 4. The summed E-state index contributed by atoms with van der Waals surface area (Å²) in [7, 11) is -16.5. The fourth-order valence-electron chi connectivity index (χ4n) is 5.64. The van der Waals surface area contributed by atoms with E-state index >= 15 is 0 Å². The number of phosphoric ester groups is 3. The van der Waals surface area contributed by atoms with Gasteiger partial charge in [-0.2, -0.15) is 4.31 Å². The maximum Gasteiger partial charge on any atom is 0.481 e. The minimum atomic E-state index is -5.61. The number of nitrogens with zero attached hydrogens (tertiary/aromatic N) is 4. The molecule has 1 aliphatic heterocycles. The molecule has 1 fully saturated rings. The van der Waals surface area contributed by atoms with Crippen molar-refractivity contribution in [1.29, 1.82) is 0 Å². The molecule has 3 aromatic rings. The van der Waals surface area contributed by atoms with Crippen molar-refractivity contribution in [3.8, 4) is 0 Å². The molecule has 4 rings (SSSR count). The topological polar surface area (TPSA) is 449 Å². The van der Waals surface area contributed by atoms with E-state index < -0.39 is 101 Å². The first-order valence-corrected chi connectivity index (χ1v) is 24.3. The van der Waals surface area contributed by atoms with Gasteiger partial charge in [0.15, 0.2) is 24.2 Å². The lowest BCUT2D eigenvalue weighted by molar-refractivity contribution is -0.353. The Morgan fingerprint density at radius 2 is 1.68 bits per heavy atom. The minimum absolute atomic E-state index is 0.0150. The number of nitrogen functional groups attached to an aromatic ring is 1. The zero-order chi connectivity index (χ0) is 48.5. The summed E-state index contributed by atoms with van der Waals surface area (Å²) in [6.07, 6.45) is -7.18. The van der Waals surface area contributed by atoms with Crippen molar-refractivity contribution < 1.29 is 95.8 Å². The number of anilines is 3. The first kappa shape index (κ1) is 53.3. The van der Waals surface area contributed by atoms with Gasteiger partial charge in [0.2, 0.25) is 22.8 Å². The molecule has 7 atom stereocenters. The average molecular weight is 1000 g/mol. The van der Waals surface area contributed by atoms with Gasteiger partial charge in [0, 0.05) is 43.2 Å². The summed E-state index contributed by atoms with van der Waals surface area (Å²) >= 11 is 0.864. The molecule has 65 heavy (non-hydrogen) atoms. The van der Waals surface area contributed by atoms with Crippen LogP contribution in [0.5, 0.6) is 0 Å². The van der Waals surface area contributed by atoms with Gasteiger partial charge in [-0.15, -0.1) is 0 Å². The van der Waals surface area contributed by atoms with Crippen LogP contribution in [-0.4, -0.2) is 141 Å². The van der Waals surface area contributed by atoms with Crippen molar-refractivity contribution in [1.82, 2.24) is 30.2 Å². The summed E-state index contributed by atoms with van der Waals surface area (Å²) in [6, 6.07) is 4.30. The maximum atomic E-state index is 12.7. The van der Waals surface area contributed by atoms with Gasteiger partial charge in [-0.05, 0) is 18.2 Å². The van der Waals surface area contributed by atoms with E-state index in [4.69, 9.17) is 19.5 Å². The van der Waals surface area contributed by atoms with Gasteiger partial charge < -0.3 is 67.3 Å². The lowest BCUT2D eigenvalue weighted by atomic mass is 9.87. The number of imidazole rings is 1. The number of aliphatic hydroxyl groups is 2. The molecule has 29 nitrogen and oxygen atoms in total. The van der Waals surface area contributed by atoms with Crippen molar-refractivity contribution in [2.45, 2.75) is 57.8 Å². The number of fused-ring (bicyclic) bond motifs is 1. The number of aromatic nitrogens is 4. The highest BCUT2D eigenvalue weighted by molar-refractivity contribution is 8.14. The molecule has 15 N–H and O–H groups in total. The first-order valence-electron chi connectivity index (χ1n) is 18.8. The fourth-order valence-corrected chi connectivity index (χ4v) is 9.16. The van der Waals surface area contributed by atoms with E-state index in [1.807, 2.05) is 0 Å². The normalized spacial score (nSPS) is 20.0. The Balaban J connectivity index is 1.21. The second-order valence-electron chi connectivity index (χ2n) is 14.4. The molecule has 1 aliphatic rings.